The van der Waals surface area contributed by atoms with Crippen molar-refractivity contribution in [1.29, 1.82) is 0 Å². The average Bonchev–Trinajstić information content (AvgIpc) is 2.46. The topological polar surface area (TPSA) is 75.9 Å². The molecule has 7 nitrogen and oxygen atoms in total. The van der Waals surface area contributed by atoms with Crippen LogP contribution in [-0.4, -0.2) is 49.2 Å². The van der Waals surface area contributed by atoms with E-state index >= 15 is 0 Å². The fourth-order valence-corrected chi connectivity index (χ4v) is 2.37. The Morgan fingerprint density at radius 1 is 1.30 bits per heavy atom. The van der Waals surface area contributed by atoms with Gasteiger partial charge in [-0.05, 0) is 18.6 Å². The average molecular weight is 279 g/mol. The maximum atomic E-state index is 11.4. The number of amides is 1. The normalized spacial score (nSPS) is 15.1. The summed E-state index contributed by atoms with van der Waals surface area (Å²) in [5, 5.41) is 10.7. The Morgan fingerprint density at radius 2 is 1.95 bits per heavy atom. The van der Waals surface area contributed by atoms with Gasteiger partial charge in [0.2, 0.25) is 0 Å². The van der Waals surface area contributed by atoms with E-state index in [4.69, 9.17) is 0 Å². The first-order valence-electron chi connectivity index (χ1n) is 6.36. The summed E-state index contributed by atoms with van der Waals surface area (Å²) < 4.78 is 4.69. The van der Waals surface area contributed by atoms with Gasteiger partial charge in [-0.15, -0.1) is 0 Å². The summed E-state index contributed by atoms with van der Waals surface area (Å²) in [6.45, 7) is 4.41. The second kappa shape index (κ2) is 5.77. The first kappa shape index (κ1) is 14.1. The van der Waals surface area contributed by atoms with Crippen LogP contribution >= 0.6 is 0 Å². The molecule has 20 heavy (non-hydrogen) atoms. The summed E-state index contributed by atoms with van der Waals surface area (Å²) in [4.78, 5) is 25.5. The number of methoxy groups -OCH3 is 1. The molecule has 1 amide bonds. The highest BCUT2D eigenvalue weighted by atomic mass is 16.6. The minimum absolute atomic E-state index is 0.0967. The van der Waals surface area contributed by atoms with Crippen molar-refractivity contribution in [3.05, 3.63) is 33.9 Å². The Morgan fingerprint density at radius 3 is 2.45 bits per heavy atom. The van der Waals surface area contributed by atoms with E-state index in [0.29, 0.717) is 26.2 Å². The highest BCUT2D eigenvalue weighted by Crippen LogP contribution is 2.25. The number of nitro groups is 1. The van der Waals surface area contributed by atoms with Crippen molar-refractivity contribution in [2.24, 2.45) is 0 Å². The molecule has 0 spiro atoms. The lowest BCUT2D eigenvalue weighted by atomic mass is 10.1. The molecule has 0 saturated carbocycles. The van der Waals surface area contributed by atoms with E-state index in [-0.39, 0.29) is 11.8 Å². The third kappa shape index (κ3) is 2.81. The van der Waals surface area contributed by atoms with Gasteiger partial charge in [0.25, 0.3) is 5.69 Å². The minimum atomic E-state index is -0.397. The zero-order chi connectivity index (χ0) is 14.7. The Kier molecular flexibility index (Phi) is 4.07. The maximum Gasteiger partial charge on any atom is 0.409 e. The molecule has 1 aliphatic rings. The number of carbonyl (C=O) groups excluding carboxylic acids is 1. The summed E-state index contributed by atoms with van der Waals surface area (Å²) >= 11 is 0. The van der Waals surface area contributed by atoms with Crippen molar-refractivity contribution >= 4 is 17.5 Å². The molecular formula is C13H17N3O4. The van der Waals surface area contributed by atoms with Gasteiger partial charge in [-0.2, -0.15) is 0 Å². The van der Waals surface area contributed by atoms with Gasteiger partial charge in [-0.25, -0.2) is 4.79 Å². The Bertz CT molecular complexity index is 524. The van der Waals surface area contributed by atoms with E-state index in [1.807, 2.05) is 6.92 Å². The second-order valence-corrected chi connectivity index (χ2v) is 4.67. The van der Waals surface area contributed by atoms with Crippen molar-refractivity contribution in [1.82, 2.24) is 4.90 Å². The van der Waals surface area contributed by atoms with Crippen LogP contribution in [0.4, 0.5) is 16.2 Å². The van der Waals surface area contributed by atoms with Crippen LogP contribution in [0.25, 0.3) is 0 Å². The van der Waals surface area contributed by atoms with Gasteiger partial charge in [0.15, 0.2) is 0 Å². The molecule has 0 atom stereocenters. The summed E-state index contributed by atoms with van der Waals surface area (Å²) in [6.07, 6.45) is -0.315. The predicted octanol–water partition coefficient (Wildman–Crippen LogP) is 1.79. The molecule has 0 aliphatic carbocycles. The van der Waals surface area contributed by atoms with Crippen LogP contribution in [0, 0.1) is 17.0 Å². The van der Waals surface area contributed by atoms with Gasteiger partial charge in [0.05, 0.1) is 12.0 Å². The van der Waals surface area contributed by atoms with E-state index in [1.165, 1.54) is 13.2 Å². The lowest BCUT2D eigenvalue weighted by Crippen LogP contribution is -2.48. The monoisotopic (exact) mass is 279 g/mol. The molecule has 1 saturated heterocycles. The lowest BCUT2D eigenvalue weighted by molar-refractivity contribution is -0.384. The van der Waals surface area contributed by atoms with E-state index in [2.05, 4.69) is 9.64 Å². The molecule has 1 heterocycles. The van der Waals surface area contributed by atoms with Crippen LogP contribution in [0.2, 0.25) is 0 Å². The van der Waals surface area contributed by atoms with Gasteiger partial charge in [0, 0.05) is 44.0 Å². The van der Waals surface area contributed by atoms with Crippen molar-refractivity contribution in [3.63, 3.8) is 0 Å². The van der Waals surface area contributed by atoms with Crippen molar-refractivity contribution in [2.75, 3.05) is 38.2 Å². The summed E-state index contributed by atoms with van der Waals surface area (Å²) in [7, 11) is 1.37. The SMILES string of the molecule is COC(=O)N1CCN(c2ccc([N+](=O)[O-])cc2C)CC1. The number of hydrogen-bond acceptors (Lipinski definition) is 5. The molecule has 0 aromatic heterocycles. The number of ether oxygens (including phenoxy) is 1. The molecule has 7 heteroatoms. The molecule has 2 rings (SSSR count). The molecule has 0 radical (unpaired) electrons. The quantitative estimate of drug-likeness (QED) is 0.609. The zero-order valence-electron chi connectivity index (χ0n) is 11.5. The molecule has 1 aromatic rings. The van der Waals surface area contributed by atoms with Crippen molar-refractivity contribution in [3.8, 4) is 0 Å². The van der Waals surface area contributed by atoms with E-state index in [0.717, 1.165) is 11.3 Å². The molecule has 0 N–H and O–H groups in total. The highest BCUT2D eigenvalue weighted by molar-refractivity contribution is 5.68. The molecule has 1 fully saturated rings. The van der Waals surface area contributed by atoms with E-state index < -0.39 is 4.92 Å². The third-order valence-corrected chi connectivity index (χ3v) is 3.44. The summed E-state index contributed by atoms with van der Waals surface area (Å²) in [5.74, 6) is 0. The number of anilines is 1. The number of non-ortho nitro benzene ring substituents is 1. The summed E-state index contributed by atoms with van der Waals surface area (Å²) in [6, 6.07) is 4.85. The predicted molar refractivity (Wildman–Crippen MR) is 74.0 cm³/mol. The standard InChI is InChI=1S/C13H17N3O4/c1-10-9-11(16(18)19)3-4-12(10)14-5-7-15(8-6-14)13(17)20-2/h3-4,9H,5-8H2,1-2H3. The Hall–Kier alpha value is -2.31. The summed E-state index contributed by atoms with van der Waals surface area (Å²) in [5.41, 5.74) is 1.94. The number of nitro benzene ring substituents is 1. The molecular weight excluding hydrogens is 262 g/mol. The highest BCUT2D eigenvalue weighted by Gasteiger charge is 2.22. The third-order valence-electron chi connectivity index (χ3n) is 3.44. The lowest BCUT2D eigenvalue weighted by Gasteiger charge is -2.35. The van der Waals surface area contributed by atoms with Crippen molar-refractivity contribution in [2.45, 2.75) is 6.92 Å². The largest absolute Gasteiger partial charge is 0.453 e. The van der Waals surface area contributed by atoms with Gasteiger partial charge in [-0.1, -0.05) is 0 Å². The number of aryl methyl sites for hydroxylation is 1. The van der Waals surface area contributed by atoms with Crippen LogP contribution in [0.1, 0.15) is 5.56 Å². The Labute approximate surface area is 116 Å². The fourth-order valence-electron chi connectivity index (χ4n) is 2.37. The van der Waals surface area contributed by atoms with E-state index in [1.54, 1.807) is 17.0 Å². The maximum absolute atomic E-state index is 11.4. The van der Waals surface area contributed by atoms with Crippen LogP contribution in [-0.2, 0) is 4.74 Å². The molecule has 1 aromatic carbocycles. The Balaban J connectivity index is 2.07. The van der Waals surface area contributed by atoms with E-state index in [9.17, 15) is 14.9 Å². The molecule has 0 unspecified atom stereocenters. The number of benzene rings is 1. The van der Waals surface area contributed by atoms with Crippen LogP contribution in [0.15, 0.2) is 18.2 Å². The number of hydrogen-bond donors (Lipinski definition) is 0. The van der Waals surface area contributed by atoms with Gasteiger partial charge >= 0.3 is 6.09 Å². The number of piperazine rings is 1. The van der Waals surface area contributed by atoms with Gasteiger partial charge in [-0.3, -0.25) is 10.1 Å². The van der Waals surface area contributed by atoms with Crippen LogP contribution in [0.3, 0.4) is 0 Å². The van der Waals surface area contributed by atoms with Gasteiger partial charge in [0.1, 0.15) is 0 Å². The first-order valence-corrected chi connectivity index (χ1v) is 6.36. The smallest absolute Gasteiger partial charge is 0.409 e. The zero-order valence-corrected chi connectivity index (χ0v) is 11.5. The van der Waals surface area contributed by atoms with Crippen molar-refractivity contribution < 1.29 is 14.5 Å². The number of nitrogens with zero attached hydrogens (tertiary/aromatic N) is 3. The minimum Gasteiger partial charge on any atom is -0.453 e. The second-order valence-electron chi connectivity index (χ2n) is 4.67. The fraction of sp³-hybridized carbons (Fsp3) is 0.462. The first-order chi connectivity index (χ1) is 9.52. The van der Waals surface area contributed by atoms with Crippen LogP contribution in [0.5, 0.6) is 0 Å². The molecule has 1 aliphatic heterocycles. The molecule has 0 bridgehead atoms. The van der Waals surface area contributed by atoms with Crippen LogP contribution < -0.4 is 4.90 Å². The van der Waals surface area contributed by atoms with Gasteiger partial charge < -0.3 is 14.5 Å². The number of carbonyl (C=O) groups is 1. The molecule has 108 valence electrons. The number of rotatable bonds is 2.